The Hall–Kier alpha value is -1.35. The molecule has 0 saturated heterocycles. The first-order valence-electron chi connectivity index (χ1n) is 6.27. The first kappa shape index (κ1) is 16.6. The molecule has 0 unspecified atom stereocenters. The van der Waals surface area contributed by atoms with Crippen molar-refractivity contribution in [1.82, 2.24) is 0 Å². The molecule has 1 N–H and O–H groups in total. The third kappa shape index (κ3) is 12.7. The van der Waals surface area contributed by atoms with Crippen LogP contribution < -0.4 is 0 Å². The summed E-state index contributed by atoms with van der Waals surface area (Å²) in [6.45, 7) is 3.48. The molecule has 0 radical (unpaired) electrons. The largest absolute Gasteiger partial charge is 0.466 e. The van der Waals surface area contributed by atoms with Crippen molar-refractivity contribution in [2.24, 2.45) is 0 Å². The third-order valence-electron chi connectivity index (χ3n) is 2.20. The van der Waals surface area contributed by atoms with E-state index in [1.165, 1.54) is 13.2 Å². The van der Waals surface area contributed by atoms with E-state index in [-0.39, 0.29) is 5.97 Å². The van der Waals surface area contributed by atoms with Crippen LogP contribution in [0.25, 0.3) is 0 Å². The lowest BCUT2D eigenvalue weighted by Gasteiger charge is -2.08. The molecule has 0 aliphatic carbocycles. The van der Waals surface area contributed by atoms with Gasteiger partial charge in [-0.3, -0.25) is 0 Å². The van der Waals surface area contributed by atoms with Gasteiger partial charge in [0.05, 0.1) is 12.7 Å². The number of ether oxygens (including phenoxy) is 1. The molecule has 18 heavy (non-hydrogen) atoms. The maximum absolute atomic E-state index is 10.8. The monoisotopic (exact) mass is 252 g/mol. The number of rotatable bonds is 8. The number of methoxy groups -OCH3 is 1. The van der Waals surface area contributed by atoms with Gasteiger partial charge in [0.15, 0.2) is 0 Å². The van der Waals surface area contributed by atoms with Crippen LogP contribution in [0.4, 0.5) is 0 Å². The molecular formula is C15H24O3. The minimum absolute atomic E-state index is 0.299. The maximum atomic E-state index is 10.8. The number of hydrogen-bond donors (Lipinski definition) is 1. The Morgan fingerprint density at radius 3 is 2.33 bits per heavy atom. The molecule has 3 nitrogen and oxygen atoms in total. The van der Waals surface area contributed by atoms with Gasteiger partial charge in [0.1, 0.15) is 0 Å². The second-order valence-corrected chi connectivity index (χ2v) is 4.65. The Balaban J connectivity index is 3.52. The van der Waals surface area contributed by atoms with E-state index in [0.717, 1.165) is 25.7 Å². The molecule has 0 spiro atoms. The normalized spacial score (nSPS) is 12.9. The van der Waals surface area contributed by atoms with Gasteiger partial charge < -0.3 is 9.84 Å². The SMILES string of the molecule is COC(=O)/C=C/CCCC/C=C/C=C/C(C)(C)O. The van der Waals surface area contributed by atoms with Crippen LogP contribution in [0.3, 0.4) is 0 Å². The fourth-order valence-corrected chi connectivity index (χ4v) is 1.24. The van der Waals surface area contributed by atoms with Crippen LogP contribution >= 0.6 is 0 Å². The molecule has 0 saturated carbocycles. The summed E-state index contributed by atoms with van der Waals surface area (Å²) in [5, 5.41) is 9.42. The summed E-state index contributed by atoms with van der Waals surface area (Å²) in [6, 6.07) is 0. The summed E-state index contributed by atoms with van der Waals surface area (Å²) in [5.74, 6) is -0.299. The summed E-state index contributed by atoms with van der Waals surface area (Å²) in [5.41, 5.74) is -0.747. The molecule has 0 aromatic carbocycles. The number of aliphatic hydroxyl groups is 1. The average molecular weight is 252 g/mol. The van der Waals surface area contributed by atoms with Gasteiger partial charge in [-0.25, -0.2) is 4.79 Å². The van der Waals surface area contributed by atoms with E-state index >= 15 is 0 Å². The Morgan fingerprint density at radius 2 is 1.78 bits per heavy atom. The minimum Gasteiger partial charge on any atom is -0.466 e. The molecule has 0 amide bonds. The van der Waals surface area contributed by atoms with Gasteiger partial charge in [0.25, 0.3) is 0 Å². The minimum atomic E-state index is -0.747. The second-order valence-electron chi connectivity index (χ2n) is 4.65. The van der Waals surface area contributed by atoms with E-state index in [9.17, 15) is 9.90 Å². The predicted molar refractivity (Wildman–Crippen MR) is 74.2 cm³/mol. The smallest absolute Gasteiger partial charge is 0.330 e. The zero-order valence-corrected chi connectivity index (χ0v) is 11.6. The summed E-state index contributed by atoms with van der Waals surface area (Å²) < 4.78 is 4.48. The van der Waals surface area contributed by atoms with Gasteiger partial charge in [-0.2, -0.15) is 0 Å². The summed E-state index contributed by atoms with van der Waals surface area (Å²) in [4.78, 5) is 10.8. The summed E-state index contributed by atoms with van der Waals surface area (Å²) in [7, 11) is 1.37. The third-order valence-corrected chi connectivity index (χ3v) is 2.20. The van der Waals surface area contributed by atoms with E-state index in [4.69, 9.17) is 0 Å². The molecule has 102 valence electrons. The molecule has 0 heterocycles. The predicted octanol–water partition coefficient (Wildman–Crippen LogP) is 3.16. The van der Waals surface area contributed by atoms with E-state index in [2.05, 4.69) is 10.8 Å². The molecule has 0 bridgehead atoms. The first-order chi connectivity index (χ1) is 8.45. The zero-order chi connectivity index (χ0) is 13.9. The molecule has 0 rings (SSSR count). The Morgan fingerprint density at radius 1 is 1.17 bits per heavy atom. The number of allylic oxidation sites excluding steroid dienone is 4. The van der Waals surface area contributed by atoms with Crippen LogP contribution in [0.15, 0.2) is 36.5 Å². The van der Waals surface area contributed by atoms with Crippen LogP contribution in [0.1, 0.15) is 39.5 Å². The number of esters is 1. The van der Waals surface area contributed by atoms with Crippen molar-refractivity contribution < 1.29 is 14.6 Å². The Labute approximate surface area is 110 Å². The molecule has 3 heteroatoms. The van der Waals surface area contributed by atoms with Crippen LogP contribution in [-0.2, 0) is 9.53 Å². The number of hydrogen-bond acceptors (Lipinski definition) is 3. The lowest BCUT2D eigenvalue weighted by atomic mass is 10.1. The molecule has 0 aliphatic heterocycles. The van der Waals surface area contributed by atoms with Gasteiger partial charge in [-0.05, 0) is 39.5 Å². The lowest BCUT2D eigenvalue weighted by Crippen LogP contribution is -2.13. The number of carbonyl (C=O) groups is 1. The molecule has 0 atom stereocenters. The highest BCUT2D eigenvalue weighted by atomic mass is 16.5. The van der Waals surface area contributed by atoms with Crippen molar-refractivity contribution >= 4 is 5.97 Å². The maximum Gasteiger partial charge on any atom is 0.330 e. The topological polar surface area (TPSA) is 46.5 Å². The van der Waals surface area contributed by atoms with Crippen LogP contribution in [0.2, 0.25) is 0 Å². The molecule has 0 aliphatic rings. The lowest BCUT2D eigenvalue weighted by molar-refractivity contribution is -0.134. The number of carbonyl (C=O) groups excluding carboxylic acids is 1. The highest BCUT2D eigenvalue weighted by Gasteiger charge is 2.03. The van der Waals surface area contributed by atoms with Crippen LogP contribution in [-0.4, -0.2) is 23.8 Å². The van der Waals surface area contributed by atoms with Crippen molar-refractivity contribution in [1.29, 1.82) is 0 Å². The van der Waals surface area contributed by atoms with Gasteiger partial charge >= 0.3 is 5.97 Å². The molecule has 0 fully saturated rings. The van der Waals surface area contributed by atoms with Gasteiger partial charge in [0.2, 0.25) is 0 Å². The van der Waals surface area contributed by atoms with E-state index < -0.39 is 5.60 Å². The van der Waals surface area contributed by atoms with Crippen LogP contribution in [0, 0.1) is 0 Å². The van der Waals surface area contributed by atoms with E-state index in [1.807, 2.05) is 18.2 Å². The second kappa shape index (κ2) is 9.66. The fraction of sp³-hybridized carbons (Fsp3) is 0.533. The van der Waals surface area contributed by atoms with Gasteiger partial charge in [-0.1, -0.05) is 30.4 Å². The first-order valence-corrected chi connectivity index (χ1v) is 6.27. The number of unbranched alkanes of at least 4 members (excludes halogenated alkanes) is 3. The Bertz CT molecular complexity index is 306. The standard InChI is InChI=1S/C15H24O3/c1-15(2,17)13-11-9-7-5-4-6-8-10-12-14(16)18-3/h7,9-13,17H,4-6,8H2,1-3H3/b9-7+,12-10+,13-11+. The van der Waals surface area contributed by atoms with Gasteiger partial charge in [0, 0.05) is 6.08 Å². The summed E-state index contributed by atoms with van der Waals surface area (Å²) >= 11 is 0. The fourth-order valence-electron chi connectivity index (χ4n) is 1.24. The Kier molecular flexibility index (Phi) is 8.93. The van der Waals surface area contributed by atoms with Crippen molar-refractivity contribution in [3.05, 3.63) is 36.5 Å². The highest BCUT2D eigenvalue weighted by Crippen LogP contribution is 2.04. The van der Waals surface area contributed by atoms with Gasteiger partial charge in [-0.15, -0.1) is 0 Å². The van der Waals surface area contributed by atoms with Crippen molar-refractivity contribution in [3.8, 4) is 0 Å². The molecular weight excluding hydrogens is 228 g/mol. The highest BCUT2D eigenvalue weighted by molar-refractivity contribution is 5.81. The molecule has 0 aromatic rings. The molecule has 0 aromatic heterocycles. The quantitative estimate of drug-likeness (QED) is 0.312. The van der Waals surface area contributed by atoms with Crippen molar-refractivity contribution in [2.45, 2.75) is 45.1 Å². The van der Waals surface area contributed by atoms with E-state index in [1.54, 1.807) is 19.9 Å². The summed E-state index contributed by atoms with van der Waals surface area (Å²) in [6.07, 6.45) is 15.0. The average Bonchev–Trinajstić information content (AvgIpc) is 2.29. The van der Waals surface area contributed by atoms with Crippen molar-refractivity contribution in [2.75, 3.05) is 7.11 Å². The van der Waals surface area contributed by atoms with E-state index in [0.29, 0.717) is 0 Å². The van der Waals surface area contributed by atoms with Crippen LogP contribution in [0.5, 0.6) is 0 Å². The van der Waals surface area contributed by atoms with Crippen molar-refractivity contribution in [3.63, 3.8) is 0 Å². The zero-order valence-electron chi connectivity index (χ0n) is 11.6.